The molecule has 0 amide bonds. The minimum atomic E-state index is 0.773. The fraction of sp³-hybridized carbons (Fsp3) is 0.667. The van der Waals surface area contributed by atoms with Gasteiger partial charge in [-0.05, 0) is 6.42 Å². The number of oxime groups is 1. The molecule has 0 aromatic rings. The van der Waals surface area contributed by atoms with Crippen molar-refractivity contribution in [1.29, 1.82) is 0 Å². The van der Waals surface area contributed by atoms with Crippen LogP contribution in [0.1, 0.15) is 13.3 Å². The Morgan fingerprint density at radius 2 is 2.50 bits per heavy atom. The summed E-state index contributed by atoms with van der Waals surface area (Å²) in [6.07, 6.45) is 0.830. The van der Waals surface area contributed by atoms with E-state index in [1.807, 2.05) is 6.92 Å². The van der Waals surface area contributed by atoms with Crippen molar-refractivity contribution in [2.24, 2.45) is 5.16 Å². The molecule has 0 heterocycles. The van der Waals surface area contributed by atoms with E-state index in [0.29, 0.717) is 0 Å². The van der Waals surface area contributed by atoms with Gasteiger partial charge in [0.15, 0.2) is 7.85 Å². The second-order valence-electron chi connectivity index (χ2n) is 1.19. The average Bonchev–Trinajstić information content (AvgIpc) is 1.65. The van der Waals surface area contributed by atoms with E-state index in [1.54, 1.807) is 7.85 Å². The van der Waals surface area contributed by atoms with Crippen LogP contribution in [0.5, 0.6) is 0 Å². The lowest BCUT2D eigenvalue weighted by molar-refractivity contribution is 0.319. The van der Waals surface area contributed by atoms with E-state index in [0.717, 1.165) is 12.0 Å². The van der Waals surface area contributed by atoms with Gasteiger partial charge < -0.3 is 5.21 Å². The Bertz CT molecular complexity index is 61.8. The van der Waals surface area contributed by atoms with E-state index in [4.69, 9.17) is 5.21 Å². The van der Waals surface area contributed by atoms with Gasteiger partial charge in [0.05, 0.1) is 0 Å². The Hall–Kier alpha value is -0.465. The Morgan fingerprint density at radius 3 is 2.50 bits per heavy atom. The summed E-state index contributed by atoms with van der Waals surface area (Å²) in [7, 11) is 1.78. The van der Waals surface area contributed by atoms with Gasteiger partial charge in [-0.25, -0.2) is 0 Å². The minimum Gasteiger partial charge on any atom is -0.412 e. The summed E-state index contributed by atoms with van der Waals surface area (Å²) in [4.78, 5) is 0. The second kappa shape index (κ2) is 2.76. The van der Waals surface area contributed by atoms with Crippen LogP contribution in [0.25, 0.3) is 0 Å². The van der Waals surface area contributed by atoms with Crippen LogP contribution < -0.4 is 0 Å². The third-order valence-corrected chi connectivity index (χ3v) is 0.682. The Balaban J connectivity index is 3.22. The van der Waals surface area contributed by atoms with E-state index in [2.05, 4.69) is 5.16 Å². The van der Waals surface area contributed by atoms with E-state index in [9.17, 15) is 0 Å². The van der Waals surface area contributed by atoms with Crippen molar-refractivity contribution in [2.45, 2.75) is 13.3 Å². The fourth-order valence-electron chi connectivity index (χ4n) is 0.0707. The molecular weight excluding hydrogens is 76.9 g/mol. The molecule has 0 saturated heterocycles. The largest absolute Gasteiger partial charge is 0.412 e. The van der Waals surface area contributed by atoms with E-state index in [1.165, 1.54) is 0 Å². The molecule has 6 heavy (non-hydrogen) atoms. The molecule has 3 heteroatoms. The van der Waals surface area contributed by atoms with Crippen LogP contribution in [0, 0.1) is 0 Å². The highest BCUT2D eigenvalue weighted by Gasteiger charge is 1.78. The predicted octanol–water partition coefficient (Wildman–Crippen LogP) is -0.183. The lowest BCUT2D eigenvalue weighted by Gasteiger charge is -1.81. The molecule has 0 saturated carbocycles. The number of rotatable bonds is 1. The zero-order chi connectivity index (χ0) is 4.99. The topological polar surface area (TPSA) is 32.6 Å². The molecule has 0 fully saturated rings. The molecule has 0 aromatic heterocycles. The van der Waals surface area contributed by atoms with Crippen LogP contribution in [0.2, 0.25) is 0 Å². The maximum atomic E-state index is 7.92. The average molecular weight is 84.9 g/mol. The highest BCUT2D eigenvalue weighted by molar-refractivity contribution is 6.59. The summed E-state index contributed by atoms with van der Waals surface area (Å²) < 4.78 is 0. The molecule has 0 aliphatic heterocycles. The lowest BCUT2D eigenvalue weighted by atomic mass is 10.00. The van der Waals surface area contributed by atoms with E-state index in [-0.39, 0.29) is 0 Å². The first-order valence-electron chi connectivity index (χ1n) is 1.98. The highest BCUT2D eigenvalue weighted by Crippen LogP contribution is 1.73. The van der Waals surface area contributed by atoms with Gasteiger partial charge in [0.25, 0.3) is 0 Å². The maximum Gasteiger partial charge on any atom is 0.162 e. The van der Waals surface area contributed by atoms with E-state index < -0.39 is 0 Å². The summed E-state index contributed by atoms with van der Waals surface area (Å²) in [6, 6.07) is 0. The molecule has 0 spiro atoms. The molecule has 0 aromatic carbocycles. The van der Waals surface area contributed by atoms with Crippen LogP contribution >= 0.6 is 0 Å². The molecule has 0 bridgehead atoms. The molecule has 0 aliphatic rings. The molecule has 0 radical (unpaired) electrons. The summed E-state index contributed by atoms with van der Waals surface area (Å²) in [5, 5.41) is 10.8. The number of hydrogen-bond acceptors (Lipinski definition) is 2. The van der Waals surface area contributed by atoms with Crippen molar-refractivity contribution >= 4 is 13.5 Å². The number of hydrogen-bond donors (Lipinski definition) is 1. The smallest absolute Gasteiger partial charge is 0.162 e. The molecule has 34 valence electrons. The zero-order valence-corrected chi connectivity index (χ0v) is 4.10. The summed E-state index contributed by atoms with van der Waals surface area (Å²) >= 11 is 0. The normalized spacial score (nSPS) is 11.8. The first kappa shape index (κ1) is 5.53. The molecule has 0 atom stereocenters. The van der Waals surface area contributed by atoms with Crippen molar-refractivity contribution in [3.63, 3.8) is 0 Å². The first-order valence-corrected chi connectivity index (χ1v) is 1.98. The Kier molecular flexibility index (Phi) is 2.54. The third-order valence-electron chi connectivity index (χ3n) is 0.682. The van der Waals surface area contributed by atoms with Crippen LogP contribution in [0.15, 0.2) is 5.16 Å². The van der Waals surface area contributed by atoms with Gasteiger partial charge in [0.1, 0.15) is 0 Å². The molecule has 0 aliphatic carbocycles. The van der Waals surface area contributed by atoms with Crippen LogP contribution in [-0.2, 0) is 0 Å². The van der Waals surface area contributed by atoms with Gasteiger partial charge in [-0.1, -0.05) is 6.92 Å². The standard InChI is InChI=1S/C3H8BNO/c1-2-3(4)5-6/h6H,2,4H2,1H3/b5-3-. The lowest BCUT2D eigenvalue weighted by Crippen LogP contribution is -1.91. The maximum absolute atomic E-state index is 7.92. The fourth-order valence-corrected chi connectivity index (χ4v) is 0.0707. The van der Waals surface area contributed by atoms with Crippen LogP contribution in [0.3, 0.4) is 0 Å². The highest BCUT2D eigenvalue weighted by atomic mass is 16.4. The quantitative estimate of drug-likeness (QED) is 0.203. The third kappa shape index (κ3) is 1.82. The van der Waals surface area contributed by atoms with Gasteiger partial charge in [-0.3, -0.25) is 0 Å². The Labute approximate surface area is 38.3 Å². The SMILES string of the molecule is B/C(CC)=N\O. The van der Waals surface area contributed by atoms with Gasteiger partial charge in [0.2, 0.25) is 0 Å². The number of nitrogens with zero attached hydrogens (tertiary/aromatic N) is 1. The molecular formula is C3H8BNO. The summed E-state index contributed by atoms with van der Waals surface area (Å²) in [6.45, 7) is 1.94. The minimum absolute atomic E-state index is 0.773. The van der Waals surface area contributed by atoms with Crippen molar-refractivity contribution < 1.29 is 5.21 Å². The van der Waals surface area contributed by atoms with Crippen molar-refractivity contribution in [3.05, 3.63) is 0 Å². The molecule has 0 unspecified atom stereocenters. The Morgan fingerprint density at radius 1 is 2.00 bits per heavy atom. The monoisotopic (exact) mass is 85.1 g/mol. The van der Waals surface area contributed by atoms with E-state index >= 15 is 0 Å². The second-order valence-corrected chi connectivity index (χ2v) is 1.19. The van der Waals surface area contributed by atoms with Crippen LogP contribution in [-0.4, -0.2) is 18.7 Å². The van der Waals surface area contributed by atoms with Gasteiger partial charge in [0, 0.05) is 5.61 Å². The predicted molar refractivity (Wildman–Crippen MR) is 28.1 cm³/mol. The summed E-state index contributed by atoms with van der Waals surface area (Å²) in [5.74, 6) is 0. The van der Waals surface area contributed by atoms with Gasteiger partial charge >= 0.3 is 0 Å². The molecule has 0 rings (SSSR count). The zero-order valence-electron chi connectivity index (χ0n) is 4.10. The van der Waals surface area contributed by atoms with Crippen molar-refractivity contribution in [2.75, 3.05) is 0 Å². The summed E-state index contributed by atoms with van der Waals surface area (Å²) in [5.41, 5.74) is 0.773. The van der Waals surface area contributed by atoms with Crippen molar-refractivity contribution in [3.8, 4) is 0 Å². The van der Waals surface area contributed by atoms with Gasteiger partial charge in [-0.2, -0.15) is 0 Å². The first-order chi connectivity index (χ1) is 2.81. The van der Waals surface area contributed by atoms with Crippen molar-refractivity contribution in [1.82, 2.24) is 0 Å². The van der Waals surface area contributed by atoms with Gasteiger partial charge in [-0.15, -0.1) is 5.16 Å². The molecule has 2 nitrogen and oxygen atoms in total. The van der Waals surface area contributed by atoms with Crippen LogP contribution in [0.4, 0.5) is 0 Å². The molecule has 1 N–H and O–H groups in total.